The molecule has 2 nitrogen and oxygen atoms in total. The summed E-state index contributed by atoms with van der Waals surface area (Å²) in [6.07, 6.45) is 2.05. The summed E-state index contributed by atoms with van der Waals surface area (Å²) in [6, 6.07) is 8.12. The third-order valence-electron chi connectivity index (χ3n) is 2.30. The molecule has 0 aliphatic rings. The van der Waals surface area contributed by atoms with Crippen LogP contribution < -0.4 is 4.74 Å². The molecule has 2 rings (SSSR count). The van der Waals surface area contributed by atoms with Crippen LogP contribution in [0.3, 0.4) is 0 Å². The standard InChI is InChI=1S/C11H12ClNO/c1-14-10-2-3-11-9(8-10)4-6-13(11)7-5-12/h2-4,6,8H,5,7H2,1H3. The summed E-state index contributed by atoms with van der Waals surface area (Å²) in [5, 5.41) is 1.19. The van der Waals surface area contributed by atoms with Gasteiger partial charge in [-0.25, -0.2) is 0 Å². The van der Waals surface area contributed by atoms with Crippen molar-refractivity contribution in [2.75, 3.05) is 13.0 Å². The van der Waals surface area contributed by atoms with Gasteiger partial charge in [0.05, 0.1) is 7.11 Å². The lowest BCUT2D eigenvalue weighted by molar-refractivity contribution is 0.415. The molecule has 0 bridgehead atoms. The highest BCUT2D eigenvalue weighted by Crippen LogP contribution is 2.21. The number of alkyl halides is 1. The quantitative estimate of drug-likeness (QED) is 0.709. The number of ether oxygens (including phenoxy) is 1. The van der Waals surface area contributed by atoms with Crippen molar-refractivity contribution in [3.8, 4) is 5.75 Å². The monoisotopic (exact) mass is 209 g/mol. The normalized spacial score (nSPS) is 10.7. The molecule has 0 aliphatic heterocycles. The van der Waals surface area contributed by atoms with E-state index in [9.17, 15) is 0 Å². The summed E-state index contributed by atoms with van der Waals surface area (Å²) >= 11 is 5.71. The highest BCUT2D eigenvalue weighted by molar-refractivity contribution is 6.17. The van der Waals surface area contributed by atoms with Crippen LogP contribution in [0.25, 0.3) is 10.9 Å². The van der Waals surface area contributed by atoms with Gasteiger partial charge in [0, 0.05) is 29.5 Å². The Bertz CT molecular complexity index is 436. The van der Waals surface area contributed by atoms with Gasteiger partial charge in [-0.2, -0.15) is 0 Å². The van der Waals surface area contributed by atoms with Gasteiger partial charge in [-0.05, 0) is 24.3 Å². The first kappa shape index (κ1) is 9.41. The molecule has 1 aromatic heterocycles. The zero-order valence-corrected chi connectivity index (χ0v) is 8.79. The molecule has 0 spiro atoms. The lowest BCUT2D eigenvalue weighted by Gasteiger charge is -2.03. The molecule has 0 atom stereocenters. The van der Waals surface area contributed by atoms with E-state index in [4.69, 9.17) is 16.3 Å². The van der Waals surface area contributed by atoms with E-state index < -0.39 is 0 Å². The van der Waals surface area contributed by atoms with E-state index >= 15 is 0 Å². The number of methoxy groups -OCH3 is 1. The van der Waals surface area contributed by atoms with Crippen LogP contribution in [-0.2, 0) is 6.54 Å². The Morgan fingerprint density at radius 2 is 2.21 bits per heavy atom. The van der Waals surface area contributed by atoms with Gasteiger partial charge in [-0.1, -0.05) is 0 Å². The van der Waals surface area contributed by atoms with E-state index in [0.29, 0.717) is 5.88 Å². The molecule has 0 saturated carbocycles. The van der Waals surface area contributed by atoms with Crippen LogP contribution in [0, 0.1) is 0 Å². The summed E-state index contributed by atoms with van der Waals surface area (Å²) in [7, 11) is 1.68. The second-order valence-corrected chi connectivity index (χ2v) is 3.50. The van der Waals surface area contributed by atoms with Crippen molar-refractivity contribution in [1.29, 1.82) is 0 Å². The molecule has 2 aromatic rings. The van der Waals surface area contributed by atoms with Crippen molar-refractivity contribution in [1.82, 2.24) is 4.57 Å². The van der Waals surface area contributed by atoms with Gasteiger partial charge in [0.25, 0.3) is 0 Å². The third-order valence-corrected chi connectivity index (χ3v) is 2.47. The SMILES string of the molecule is COc1ccc2c(ccn2CCCl)c1. The van der Waals surface area contributed by atoms with Crippen LogP contribution in [0.5, 0.6) is 5.75 Å². The van der Waals surface area contributed by atoms with E-state index in [-0.39, 0.29) is 0 Å². The number of benzene rings is 1. The number of aryl methyl sites for hydroxylation is 1. The number of halogens is 1. The minimum atomic E-state index is 0.635. The fraction of sp³-hybridized carbons (Fsp3) is 0.273. The lowest BCUT2D eigenvalue weighted by atomic mass is 10.2. The van der Waals surface area contributed by atoms with E-state index in [1.165, 1.54) is 10.9 Å². The Morgan fingerprint density at radius 3 is 2.93 bits per heavy atom. The Balaban J connectivity index is 2.48. The first-order chi connectivity index (χ1) is 6.85. The number of nitrogens with zero attached hydrogens (tertiary/aromatic N) is 1. The Labute approximate surface area is 88.0 Å². The van der Waals surface area contributed by atoms with Gasteiger partial charge >= 0.3 is 0 Å². The number of aromatic nitrogens is 1. The first-order valence-electron chi connectivity index (χ1n) is 4.54. The van der Waals surface area contributed by atoms with Gasteiger partial charge in [0.2, 0.25) is 0 Å². The molecule has 74 valence electrons. The lowest BCUT2D eigenvalue weighted by Crippen LogP contribution is -1.96. The van der Waals surface area contributed by atoms with Gasteiger partial charge in [-0.3, -0.25) is 0 Å². The maximum atomic E-state index is 5.71. The minimum absolute atomic E-state index is 0.635. The smallest absolute Gasteiger partial charge is 0.119 e. The van der Waals surface area contributed by atoms with Gasteiger partial charge < -0.3 is 9.30 Å². The molecule has 0 saturated heterocycles. The highest BCUT2D eigenvalue weighted by atomic mass is 35.5. The van der Waals surface area contributed by atoms with Crippen LogP contribution in [0.4, 0.5) is 0 Å². The number of rotatable bonds is 3. The molecule has 0 aliphatic carbocycles. The summed E-state index contributed by atoms with van der Waals surface area (Å²) < 4.78 is 7.30. The number of fused-ring (bicyclic) bond motifs is 1. The molecular formula is C11H12ClNO. The Morgan fingerprint density at radius 1 is 1.36 bits per heavy atom. The second kappa shape index (κ2) is 3.93. The summed E-state index contributed by atoms with van der Waals surface area (Å²) in [4.78, 5) is 0. The summed E-state index contributed by atoms with van der Waals surface area (Å²) in [5.74, 6) is 1.52. The highest BCUT2D eigenvalue weighted by Gasteiger charge is 2.01. The average molecular weight is 210 g/mol. The predicted molar refractivity (Wildman–Crippen MR) is 59.2 cm³/mol. The Hall–Kier alpha value is -1.15. The maximum Gasteiger partial charge on any atom is 0.119 e. The van der Waals surface area contributed by atoms with E-state index in [0.717, 1.165) is 12.3 Å². The molecule has 0 unspecified atom stereocenters. The van der Waals surface area contributed by atoms with Crippen molar-refractivity contribution in [3.63, 3.8) is 0 Å². The van der Waals surface area contributed by atoms with Crippen LogP contribution in [0.15, 0.2) is 30.5 Å². The van der Waals surface area contributed by atoms with Crippen molar-refractivity contribution < 1.29 is 4.74 Å². The summed E-state index contributed by atoms with van der Waals surface area (Å²) in [5.41, 5.74) is 1.20. The summed E-state index contributed by atoms with van der Waals surface area (Å²) in [6.45, 7) is 0.845. The van der Waals surface area contributed by atoms with E-state index in [1.807, 2.05) is 18.3 Å². The van der Waals surface area contributed by atoms with Crippen molar-refractivity contribution in [2.24, 2.45) is 0 Å². The average Bonchev–Trinajstić information content (AvgIpc) is 2.61. The molecule has 1 heterocycles. The molecule has 1 aromatic carbocycles. The van der Waals surface area contributed by atoms with Crippen LogP contribution in [0.1, 0.15) is 0 Å². The van der Waals surface area contributed by atoms with Gasteiger partial charge in [-0.15, -0.1) is 11.6 Å². The molecular weight excluding hydrogens is 198 g/mol. The fourth-order valence-electron chi connectivity index (χ4n) is 1.59. The van der Waals surface area contributed by atoms with Crippen LogP contribution in [-0.4, -0.2) is 17.6 Å². The molecule has 0 amide bonds. The fourth-order valence-corrected chi connectivity index (χ4v) is 1.77. The van der Waals surface area contributed by atoms with Crippen molar-refractivity contribution in [3.05, 3.63) is 30.5 Å². The zero-order valence-electron chi connectivity index (χ0n) is 8.03. The van der Waals surface area contributed by atoms with E-state index in [2.05, 4.69) is 16.7 Å². The van der Waals surface area contributed by atoms with Crippen LogP contribution >= 0.6 is 11.6 Å². The molecule has 0 radical (unpaired) electrons. The van der Waals surface area contributed by atoms with Gasteiger partial charge in [0.15, 0.2) is 0 Å². The Kier molecular flexibility index (Phi) is 2.64. The largest absolute Gasteiger partial charge is 0.497 e. The van der Waals surface area contributed by atoms with Crippen LogP contribution in [0.2, 0.25) is 0 Å². The zero-order chi connectivity index (χ0) is 9.97. The van der Waals surface area contributed by atoms with Gasteiger partial charge in [0.1, 0.15) is 5.75 Å². The molecule has 0 fully saturated rings. The minimum Gasteiger partial charge on any atom is -0.497 e. The third kappa shape index (κ3) is 1.58. The molecule has 14 heavy (non-hydrogen) atoms. The number of hydrogen-bond donors (Lipinski definition) is 0. The predicted octanol–water partition coefficient (Wildman–Crippen LogP) is 2.89. The van der Waals surface area contributed by atoms with Crippen molar-refractivity contribution >= 4 is 22.5 Å². The number of hydrogen-bond acceptors (Lipinski definition) is 1. The molecule has 3 heteroatoms. The second-order valence-electron chi connectivity index (χ2n) is 3.12. The van der Waals surface area contributed by atoms with E-state index in [1.54, 1.807) is 7.11 Å². The first-order valence-corrected chi connectivity index (χ1v) is 5.07. The molecule has 0 N–H and O–H groups in total. The maximum absolute atomic E-state index is 5.71. The van der Waals surface area contributed by atoms with Crippen molar-refractivity contribution in [2.45, 2.75) is 6.54 Å². The topological polar surface area (TPSA) is 14.2 Å².